The number of rotatable bonds is 4. The summed E-state index contributed by atoms with van der Waals surface area (Å²) in [6, 6.07) is 1.57. The highest BCUT2D eigenvalue weighted by atomic mass is 19.1. The van der Waals surface area contributed by atoms with Gasteiger partial charge in [0, 0.05) is 19.6 Å². The molecule has 19 heavy (non-hydrogen) atoms. The van der Waals surface area contributed by atoms with Crippen LogP contribution >= 0.6 is 0 Å². The zero-order chi connectivity index (χ0) is 13.8. The molecule has 0 bridgehead atoms. The van der Waals surface area contributed by atoms with Gasteiger partial charge in [0.1, 0.15) is 11.6 Å². The lowest BCUT2D eigenvalue weighted by Crippen LogP contribution is -2.38. The maximum Gasteiger partial charge on any atom is 0.255 e. The van der Waals surface area contributed by atoms with Gasteiger partial charge in [0.25, 0.3) is 5.91 Å². The Kier molecular flexibility index (Phi) is 4.31. The van der Waals surface area contributed by atoms with Crippen LogP contribution < -0.4 is 10.6 Å². The van der Waals surface area contributed by atoms with E-state index in [1.807, 2.05) is 7.05 Å². The van der Waals surface area contributed by atoms with Crippen LogP contribution in [0.1, 0.15) is 23.2 Å². The van der Waals surface area contributed by atoms with E-state index in [2.05, 4.69) is 20.5 Å². The first-order valence-corrected chi connectivity index (χ1v) is 6.43. The minimum atomic E-state index is -0.512. The van der Waals surface area contributed by atoms with Gasteiger partial charge in [-0.2, -0.15) is 0 Å². The Hall–Kier alpha value is -1.69. The number of likely N-dealkylation sites (N-methyl/N-ethyl adjacent to an activating group) is 1. The lowest BCUT2D eigenvalue weighted by atomic mass is 10.2. The third-order valence-corrected chi connectivity index (χ3v) is 3.51. The number of amides is 1. The molecule has 104 valence electrons. The molecule has 0 aromatic carbocycles. The predicted octanol–water partition coefficient (Wildman–Crippen LogP) is 1.09. The maximum absolute atomic E-state index is 13.2. The van der Waals surface area contributed by atoms with Crippen molar-refractivity contribution >= 4 is 11.7 Å². The van der Waals surface area contributed by atoms with Gasteiger partial charge in [0.05, 0.1) is 11.8 Å². The number of pyridine rings is 1. The highest BCUT2D eigenvalue weighted by Crippen LogP contribution is 2.15. The molecule has 0 saturated carbocycles. The monoisotopic (exact) mass is 266 g/mol. The average Bonchev–Trinajstić information content (AvgIpc) is 2.81. The molecule has 0 aliphatic carbocycles. The Morgan fingerprint density at radius 2 is 2.42 bits per heavy atom. The van der Waals surface area contributed by atoms with Gasteiger partial charge in [-0.15, -0.1) is 0 Å². The Morgan fingerprint density at radius 1 is 1.63 bits per heavy atom. The molecule has 6 heteroatoms. The van der Waals surface area contributed by atoms with Crippen molar-refractivity contribution in [2.45, 2.75) is 18.9 Å². The molecule has 0 radical (unpaired) electrons. The molecule has 1 aromatic rings. The van der Waals surface area contributed by atoms with Gasteiger partial charge in [-0.1, -0.05) is 0 Å². The van der Waals surface area contributed by atoms with Crippen LogP contribution in [0.5, 0.6) is 0 Å². The largest absolute Gasteiger partial charge is 0.372 e. The number of aromatic nitrogens is 1. The minimum Gasteiger partial charge on any atom is -0.372 e. The van der Waals surface area contributed by atoms with Gasteiger partial charge >= 0.3 is 0 Å². The molecule has 2 heterocycles. The molecule has 1 fully saturated rings. The fraction of sp³-hybridized carbons (Fsp3) is 0.538. The summed E-state index contributed by atoms with van der Waals surface area (Å²) in [6.45, 7) is 1.64. The van der Waals surface area contributed by atoms with Crippen molar-refractivity contribution in [3.05, 3.63) is 23.6 Å². The zero-order valence-electron chi connectivity index (χ0n) is 11.2. The second-order valence-corrected chi connectivity index (χ2v) is 4.79. The number of nitrogens with zero attached hydrogens (tertiary/aromatic N) is 2. The summed E-state index contributed by atoms with van der Waals surface area (Å²) in [6.07, 6.45) is 3.32. The van der Waals surface area contributed by atoms with Crippen LogP contribution in [0.3, 0.4) is 0 Å². The molecule has 1 aromatic heterocycles. The predicted molar refractivity (Wildman–Crippen MR) is 71.7 cm³/mol. The van der Waals surface area contributed by atoms with Gasteiger partial charge in [-0.25, -0.2) is 9.37 Å². The third-order valence-electron chi connectivity index (χ3n) is 3.51. The molecule has 1 unspecified atom stereocenters. The maximum atomic E-state index is 13.2. The lowest BCUT2D eigenvalue weighted by Gasteiger charge is -2.19. The highest BCUT2D eigenvalue weighted by Gasteiger charge is 2.22. The molecule has 1 saturated heterocycles. The second kappa shape index (κ2) is 5.97. The number of carbonyl (C=O) groups is 1. The molecule has 2 N–H and O–H groups in total. The van der Waals surface area contributed by atoms with E-state index in [9.17, 15) is 9.18 Å². The zero-order valence-corrected chi connectivity index (χ0v) is 11.2. The third kappa shape index (κ3) is 3.20. The van der Waals surface area contributed by atoms with E-state index in [0.717, 1.165) is 25.6 Å². The number of hydrogen-bond acceptors (Lipinski definition) is 4. The van der Waals surface area contributed by atoms with Gasteiger partial charge in [0.2, 0.25) is 0 Å². The van der Waals surface area contributed by atoms with Crippen molar-refractivity contribution in [1.29, 1.82) is 0 Å². The van der Waals surface area contributed by atoms with Crippen LogP contribution in [0.2, 0.25) is 0 Å². The van der Waals surface area contributed by atoms with Crippen LogP contribution in [-0.4, -0.2) is 49.0 Å². The first-order valence-electron chi connectivity index (χ1n) is 6.43. The molecular formula is C13H19FN4O. The normalized spacial score (nSPS) is 19.4. The number of anilines is 1. The van der Waals surface area contributed by atoms with E-state index >= 15 is 0 Å². The van der Waals surface area contributed by atoms with Crippen LogP contribution in [0.15, 0.2) is 12.3 Å². The van der Waals surface area contributed by atoms with Crippen molar-refractivity contribution in [2.24, 2.45) is 0 Å². The van der Waals surface area contributed by atoms with Gasteiger partial charge in [-0.05, 0) is 32.5 Å². The SMILES string of the molecule is CNc1ncc(F)cc1C(=O)NCC1CCCN1C. The molecule has 1 aliphatic heterocycles. The number of carbonyl (C=O) groups excluding carboxylic acids is 1. The Labute approximate surface area is 112 Å². The molecule has 0 spiro atoms. The average molecular weight is 266 g/mol. The number of halogens is 1. The number of hydrogen-bond donors (Lipinski definition) is 2. The fourth-order valence-electron chi connectivity index (χ4n) is 2.35. The van der Waals surface area contributed by atoms with Gasteiger partial charge in [-0.3, -0.25) is 4.79 Å². The quantitative estimate of drug-likeness (QED) is 0.856. The first kappa shape index (κ1) is 13.7. The van der Waals surface area contributed by atoms with Crippen molar-refractivity contribution in [3.8, 4) is 0 Å². The van der Waals surface area contributed by atoms with E-state index in [1.54, 1.807) is 7.05 Å². The smallest absolute Gasteiger partial charge is 0.255 e. The molecular weight excluding hydrogens is 247 g/mol. The van der Waals surface area contributed by atoms with E-state index < -0.39 is 5.82 Å². The van der Waals surface area contributed by atoms with Crippen molar-refractivity contribution < 1.29 is 9.18 Å². The van der Waals surface area contributed by atoms with Crippen LogP contribution in [0.25, 0.3) is 0 Å². The highest BCUT2D eigenvalue weighted by molar-refractivity contribution is 5.98. The summed E-state index contributed by atoms with van der Waals surface area (Å²) in [5.41, 5.74) is 0.239. The molecule has 5 nitrogen and oxygen atoms in total. The summed E-state index contributed by atoms with van der Waals surface area (Å²) in [5.74, 6) is -0.419. The molecule has 1 amide bonds. The van der Waals surface area contributed by atoms with Crippen molar-refractivity contribution in [1.82, 2.24) is 15.2 Å². The first-order chi connectivity index (χ1) is 9.11. The van der Waals surface area contributed by atoms with Gasteiger partial charge < -0.3 is 15.5 Å². The fourth-order valence-corrected chi connectivity index (χ4v) is 2.35. The number of nitrogens with one attached hydrogen (secondary N) is 2. The Morgan fingerprint density at radius 3 is 3.05 bits per heavy atom. The second-order valence-electron chi connectivity index (χ2n) is 4.79. The van der Waals surface area contributed by atoms with E-state index in [4.69, 9.17) is 0 Å². The lowest BCUT2D eigenvalue weighted by molar-refractivity contribution is 0.0943. The van der Waals surface area contributed by atoms with Crippen LogP contribution in [0, 0.1) is 5.82 Å². The molecule has 1 atom stereocenters. The van der Waals surface area contributed by atoms with Gasteiger partial charge in [0.15, 0.2) is 0 Å². The van der Waals surface area contributed by atoms with Crippen LogP contribution in [0.4, 0.5) is 10.2 Å². The summed E-state index contributed by atoms with van der Waals surface area (Å²) < 4.78 is 13.2. The van der Waals surface area contributed by atoms with Crippen molar-refractivity contribution in [3.63, 3.8) is 0 Å². The van der Waals surface area contributed by atoms with E-state index in [-0.39, 0.29) is 11.5 Å². The minimum absolute atomic E-state index is 0.239. The van der Waals surface area contributed by atoms with E-state index in [0.29, 0.717) is 18.4 Å². The standard InChI is InChI=1S/C13H19FN4O/c1-15-12-11(6-9(14)7-16-12)13(19)17-8-10-4-3-5-18(10)2/h6-7,10H,3-5,8H2,1-2H3,(H,15,16)(H,17,19). The molecule has 1 aliphatic rings. The summed E-state index contributed by atoms with van der Waals surface area (Å²) in [4.78, 5) is 18.1. The summed E-state index contributed by atoms with van der Waals surface area (Å²) in [5, 5.41) is 5.64. The summed E-state index contributed by atoms with van der Waals surface area (Å²) >= 11 is 0. The Balaban J connectivity index is 2.01. The summed E-state index contributed by atoms with van der Waals surface area (Å²) in [7, 11) is 3.70. The van der Waals surface area contributed by atoms with Crippen LogP contribution in [-0.2, 0) is 0 Å². The Bertz CT molecular complexity index is 466. The topological polar surface area (TPSA) is 57.3 Å². The molecule has 2 rings (SSSR count). The van der Waals surface area contributed by atoms with E-state index in [1.165, 1.54) is 6.07 Å². The number of likely N-dealkylation sites (tertiary alicyclic amines) is 1. The van der Waals surface area contributed by atoms with Crippen molar-refractivity contribution in [2.75, 3.05) is 32.5 Å².